The van der Waals surface area contributed by atoms with E-state index in [0.29, 0.717) is 29.2 Å². The number of rotatable bonds is 12. The van der Waals surface area contributed by atoms with Crippen LogP contribution >= 0.6 is 12.4 Å². The summed E-state index contributed by atoms with van der Waals surface area (Å²) in [5, 5.41) is 8.07. The van der Waals surface area contributed by atoms with Gasteiger partial charge in [-0.15, -0.1) is 12.4 Å². The summed E-state index contributed by atoms with van der Waals surface area (Å²) in [4.78, 5) is 16.3. The lowest BCUT2D eigenvalue weighted by atomic mass is 10.1. The van der Waals surface area contributed by atoms with Crippen molar-refractivity contribution in [3.05, 3.63) is 60.7 Å². The van der Waals surface area contributed by atoms with E-state index in [1.165, 1.54) is 6.92 Å². The van der Waals surface area contributed by atoms with Gasteiger partial charge < -0.3 is 15.4 Å². The van der Waals surface area contributed by atoms with Crippen LogP contribution in [0.5, 0.6) is 5.75 Å². The maximum absolute atomic E-state index is 12.6. The van der Waals surface area contributed by atoms with Crippen molar-refractivity contribution < 1.29 is 17.9 Å². The van der Waals surface area contributed by atoms with Crippen molar-refractivity contribution in [2.24, 2.45) is 0 Å². The molecule has 1 aromatic heterocycles. The van der Waals surface area contributed by atoms with E-state index < -0.39 is 10.0 Å². The molecule has 0 saturated carbocycles. The zero-order chi connectivity index (χ0) is 27.1. The number of hydrogen-bond acceptors (Lipinski definition) is 6. The number of carbonyl (C=O) groups excluding carboxylic acids is 1. The molecule has 4 aromatic rings. The number of pyridine rings is 1. The van der Waals surface area contributed by atoms with E-state index in [4.69, 9.17) is 9.72 Å². The number of sulfonamides is 1. The summed E-state index contributed by atoms with van der Waals surface area (Å²) in [5.74, 6) is 0.437. The van der Waals surface area contributed by atoms with Gasteiger partial charge in [0.25, 0.3) is 0 Å². The molecule has 0 spiro atoms. The lowest BCUT2D eigenvalue weighted by molar-refractivity contribution is -0.114. The molecule has 0 fully saturated rings. The van der Waals surface area contributed by atoms with Gasteiger partial charge in [0.1, 0.15) is 5.75 Å². The zero-order valence-corrected chi connectivity index (χ0v) is 24.0. The Balaban J connectivity index is 0.00000420. The molecule has 0 aliphatic rings. The summed E-state index contributed by atoms with van der Waals surface area (Å²) in [6, 6.07) is 18.6. The first-order valence-corrected chi connectivity index (χ1v) is 14.5. The Bertz CT molecular complexity index is 1560. The second kappa shape index (κ2) is 13.5. The minimum Gasteiger partial charge on any atom is -0.494 e. The summed E-state index contributed by atoms with van der Waals surface area (Å²) < 4.78 is 33.5. The summed E-state index contributed by atoms with van der Waals surface area (Å²) in [5.41, 5.74) is 4.14. The fraction of sp³-hybridized carbons (Fsp3) is 0.310. The van der Waals surface area contributed by atoms with Crippen molar-refractivity contribution in [1.82, 2.24) is 4.98 Å². The van der Waals surface area contributed by atoms with Gasteiger partial charge in [0.05, 0.1) is 41.0 Å². The Morgan fingerprint density at radius 1 is 0.897 bits per heavy atom. The maximum atomic E-state index is 12.6. The van der Waals surface area contributed by atoms with Crippen LogP contribution in [0.2, 0.25) is 0 Å². The van der Waals surface area contributed by atoms with E-state index in [2.05, 4.69) is 22.3 Å². The van der Waals surface area contributed by atoms with Gasteiger partial charge in [-0.3, -0.25) is 9.52 Å². The largest absolute Gasteiger partial charge is 0.494 e. The van der Waals surface area contributed by atoms with Gasteiger partial charge in [0, 0.05) is 29.4 Å². The average Bonchev–Trinajstić information content (AvgIpc) is 2.88. The monoisotopic (exact) mass is 570 g/mol. The van der Waals surface area contributed by atoms with E-state index in [1.54, 1.807) is 25.3 Å². The summed E-state index contributed by atoms with van der Waals surface area (Å²) in [7, 11) is -1.90. The Labute approximate surface area is 236 Å². The number of para-hydroxylation sites is 1. The number of methoxy groups -OCH3 is 1. The second-order valence-corrected chi connectivity index (χ2v) is 11.1. The molecule has 10 heteroatoms. The fourth-order valence-corrected chi connectivity index (χ4v) is 5.60. The number of nitrogens with one attached hydrogen (secondary N) is 3. The van der Waals surface area contributed by atoms with Crippen LogP contribution in [-0.4, -0.2) is 32.2 Å². The van der Waals surface area contributed by atoms with Crippen LogP contribution in [-0.2, 0) is 14.8 Å². The average molecular weight is 571 g/mol. The fourth-order valence-electron chi connectivity index (χ4n) is 4.43. The number of aromatic nitrogens is 1. The molecule has 0 unspecified atom stereocenters. The van der Waals surface area contributed by atoms with Gasteiger partial charge in [-0.25, -0.2) is 13.4 Å². The Morgan fingerprint density at radius 2 is 1.62 bits per heavy atom. The summed E-state index contributed by atoms with van der Waals surface area (Å²) >= 11 is 0. The summed E-state index contributed by atoms with van der Waals surface area (Å²) in [6.45, 7) is 3.60. The predicted octanol–water partition coefficient (Wildman–Crippen LogP) is 7.23. The molecule has 39 heavy (non-hydrogen) atoms. The molecule has 3 N–H and O–H groups in total. The number of benzene rings is 3. The molecule has 0 aliphatic carbocycles. The van der Waals surface area contributed by atoms with E-state index >= 15 is 0 Å². The van der Waals surface area contributed by atoms with Crippen molar-refractivity contribution in [1.29, 1.82) is 0 Å². The quantitative estimate of drug-likeness (QED) is 0.122. The van der Waals surface area contributed by atoms with E-state index in [9.17, 15) is 13.2 Å². The smallest absolute Gasteiger partial charge is 0.232 e. The highest BCUT2D eigenvalue weighted by Gasteiger charge is 2.15. The number of carbonyl (C=O) groups is 1. The number of unbranched alkanes of at least 4 members (excludes halogenated alkanes) is 4. The normalized spacial score (nSPS) is 11.2. The molecule has 208 valence electrons. The highest BCUT2D eigenvalue weighted by molar-refractivity contribution is 7.92. The van der Waals surface area contributed by atoms with Gasteiger partial charge in [0.15, 0.2) is 0 Å². The number of ether oxygens (including phenoxy) is 1. The van der Waals surface area contributed by atoms with Crippen LogP contribution < -0.4 is 20.1 Å². The summed E-state index contributed by atoms with van der Waals surface area (Å²) in [6.07, 6.45) is 4.83. The van der Waals surface area contributed by atoms with E-state index in [-0.39, 0.29) is 24.1 Å². The van der Waals surface area contributed by atoms with Gasteiger partial charge in [-0.1, -0.05) is 50.8 Å². The minimum atomic E-state index is -3.45. The number of fused-ring (bicyclic) bond motifs is 2. The molecular weight excluding hydrogens is 536 g/mol. The van der Waals surface area contributed by atoms with Crippen molar-refractivity contribution >= 4 is 72.9 Å². The van der Waals surface area contributed by atoms with Crippen molar-refractivity contribution in [3.8, 4) is 5.75 Å². The molecule has 0 bridgehead atoms. The van der Waals surface area contributed by atoms with Gasteiger partial charge in [-0.2, -0.15) is 0 Å². The van der Waals surface area contributed by atoms with Gasteiger partial charge in [0.2, 0.25) is 15.9 Å². The van der Waals surface area contributed by atoms with E-state index in [0.717, 1.165) is 53.2 Å². The molecule has 0 radical (unpaired) electrons. The Morgan fingerprint density at radius 3 is 2.36 bits per heavy atom. The number of anilines is 4. The SMILES string of the molecule is CCCCCCCS(=O)(=O)Nc1ccc(Nc2c3ccccc3nc3cc(NC(C)=O)ccc23)c(OC)c1.Cl. The van der Waals surface area contributed by atoms with Crippen molar-refractivity contribution in [2.45, 2.75) is 46.0 Å². The molecular formula is C29H35ClN4O4S. The standard InChI is InChI=1S/C29H34N4O4S.ClH/c1-4-5-6-7-10-17-38(35,36)33-22-14-16-26(28(19-22)37-3)32-29-23-11-8-9-12-25(23)31-27-18-21(30-20(2)34)13-15-24(27)29;/h8-9,11-16,18-19,33H,4-7,10,17H2,1-3H3,(H,30,34)(H,31,32);1H. The van der Waals surface area contributed by atoms with Crippen LogP contribution in [0.15, 0.2) is 60.7 Å². The molecule has 1 amide bonds. The number of halogens is 1. The molecule has 8 nitrogen and oxygen atoms in total. The molecule has 0 saturated heterocycles. The topological polar surface area (TPSA) is 109 Å². The molecule has 3 aromatic carbocycles. The first-order valence-electron chi connectivity index (χ1n) is 12.9. The maximum Gasteiger partial charge on any atom is 0.232 e. The Kier molecular flexibility index (Phi) is 10.4. The number of hydrogen-bond donors (Lipinski definition) is 3. The third-order valence-corrected chi connectivity index (χ3v) is 7.63. The predicted molar refractivity (Wildman–Crippen MR) is 163 cm³/mol. The Hall–Kier alpha value is -3.56. The third kappa shape index (κ3) is 7.74. The molecule has 0 aliphatic heterocycles. The molecule has 1 heterocycles. The number of amides is 1. The highest BCUT2D eigenvalue weighted by Crippen LogP contribution is 2.37. The van der Waals surface area contributed by atoms with Crippen molar-refractivity contribution in [3.63, 3.8) is 0 Å². The van der Waals surface area contributed by atoms with E-state index in [1.807, 2.05) is 42.5 Å². The lowest BCUT2D eigenvalue weighted by Crippen LogP contribution is -2.16. The molecule has 0 atom stereocenters. The second-order valence-electron chi connectivity index (χ2n) is 9.29. The number of nitrogens with zero attached hydrogens (tertiary/aromatic N) is 1. The van der Waals surface area contributed by atoms with Crippen LogP contribution in [0.4, 0.5) is 22.7 Å². The molecule has 4 rings (SSSR count). The van der Waals surface area contributed by atoms with Gasteiger partial charge >= 0.3 is 0 Å². The first kappa shape index (κ1) is 30.0. The van der Waals surface area contributed by atoms with Crippen LogP contribution in [0.1, 0.15) is 46.0 Å². The first-order chi connectivity index (χ1) is 18.3. The van der Waals surface area contributed by atoms with Crippen LogP contribution in [0.25, 0.3) is 21.8 Å². The zero-order valence-electron chi connectivity index (χ0n) is 22.4. The van der Waals surface area contributed by atoms with Crippen LogP contribution in [0, 0.1) is 0 Å². The van der Waals surface area contributed by atoms with Crippen LogP contribution in [0.3, 0.4) is 0 Å². The third-order valence-electron chi connectivity index (χ3n) is 6.25. The minimum absolute atomic E-state index is 0. The van der Waals surface area contributed by atoms with Gasteiger partial charge in [-0.05, 0) is 42.8 Å². The lowest BCUT2D eigenvalue weighted by Gasteiger charge is -2.17. The van der Waals surface area contributed by atoms with Crippen molar-refractivity contribution in [2.75, 3.05) is 28.2 Å². The highest BCUT2D eigenvalue weighted by atomic mass is 35.5.